The van der Waals surface area contributed by atoms with Crippen LogP contribution in [0.25, 0.3) is 0 Å². The fourth-order valence-corrected chi connectivity index (χ4v) is 0.951. The van der Waals surface area contributed by atoms with E-state index >= 15 is 0 Å². The van der Waals surface area contributed by atoms with E-state index < -0.39 is 0 Å². The van der Waals surface area contributed by atoms with E-state index in [9.17, 15) is 0 Å². The summed E-state index contributed by atoms with van der Waals surface area (Å²) in [7, 11) is 1.66. The van der Waals surface area contributed by atoms with Crippen LogP contribution in [-0.4, -0.2) is 42.9 Å². The van der Waals surface area contributed by atoms with E-state index in [1.807, 2.05) is 31.2 Å². The SMILES string of the molecule is COC[C@@H](C)Oc1c[c-]ccc1.[Br-].[Mg+2]. The van der Waals surface area contributed by atoms with Crippen molar-refractivity contribution < 1.29 is 26.5 Å². The number of rotatable bonds is 4. The first kappa shape index (κ1) is 16.6. The summed E-state index contributed by atoms with van der Waals surface area (Å²) in [6, 6.07) is 10.4. The molecule has 1 aromatic rings. The second-order valence-corrected chi connectivity index (χ2v) is 2.62. The van der Waals surface area contributed by atoms with Gasteiger partial charge in [-0.2, -0.15) is 18.2 Å². The van der Waals surface area contributed by atoms with Crippen molar-refractivity contribution in [1.82, 2.24) is 0 Å². The van der Waals surface area contributed by atoms with Crippen LogP contribution in [0.3, 0.4) is 0 Å². The van der Waals surface area contributed by atoms with E-state index in [-0.39, 0.29) is 46.1 Å². The van der Waals surface area contributed by atoms with Crippen LogP contribution in [0.4, 0.5) is 0 Å². The number of methoxy groups -OCH3 is 1. The molecule has 4 heteroatoms. The smallest absolute Gasteiger partial charge is 1.00 e. The van der Waals surface area contributed by atoms with Crippen LogP contribution in [0.2, 0.25) is 0 Å². The summed E-state index contributed by atoms with van der Waals surface area (Å²) < 4.78 is 10.4. The molecule has 1 atom stereocenters. The van der Waals surface area contributed by atoms with Gasteiger partial charge in [-0.1, -0.05) is 0 Å². The van der Waals surface area contributed by atoms with E-state index in [2.05, 4.69) is 6.07 Å². The predicted octanol–water partition coefficient (Wildman–Crippen LogP) is -1.48. The van der Waals surface area contributed by atoms with Crippen LogP contribution in [0, 0.1) is 6.07 Å². The van der Waals surface area contributed by atoms with E-state index in [1.54, 1.807) is 7.11 Å². The molecule has 0 saturated heterocycles. The van der Waals surface area contributed by atoms with Crippen molar-refractivity contribution >= 4 is 23.1 Å². The largest absolute Gasteiger partial charge is 2.00 e. The van der Waals surface area contributed by atoms with Crippen molar-refractivity contribution in [2.45, 2.75) is 13.0 Å². The summed E-state index contributed by atoms with van der Waals surface area (Å²) in [5, 5.41) is 0. The number of benzene rings is 1. The third kappa shape index (κ3) is 6.65. The Kier molecular flexibility index (Phi) is 11.6. The summed E-state index contributed by atoms with van der Waals surface area (Å²) in [5.41, 5.74) is 0. The number of hydrogen-bond acceptors (Lipinski definition) is 2. The first-order valence-electron chi connectivity index (χ1n) is 3.94. The predicted molar refractivity (Wildman–Crippen MR) is 53.0 cm³/mol. The molecule has 0 bridgehead atoms. The molecule has 0 spiro atoms. The zero-order valence-corrected chi connectivity index (χ0v) is 11.5. The average Bonchev–Trinajstić information content (AvgIpc) is 2.06. The summed E-state index contributed by atoms with van der Waals surface area (Å²) in [4.78, 5) is 0. The molecule has 1 rings (SSSR count). The minimum Gasteiger partial charge on any atom is -1.00 e. The van der Waals surface area contributed by atoms with Crippen molar-refractivity contribution in [2.75, 3.05) is 13.7 Å². The minimum atomic E-state index is 0. The van der Waals surface area contributed by atoms with Crippen LogP contribution in [0.1, 0.15) is 6.92 Å². The molecule has 0 aliphatic heterocycles. The Morgan fingerprint density at radius 2 is 2.21 bits per heavy atom. The second kappa shape index (κ2) is 9.77. The second-order valence-electron chi connectivity index (χ2n) is 2.62. The molecule has 0 aliphatic rings. The van der Waals surface area contributed by atoms with Gasteiger partial charge in [0, 0.05) is 12.9 Å². The van der Waals surface area contributed by atoms with Gasteiger partial charge >= 0.3 is 23.1 Å². The Morgan fingerprint density at radius 1 is 1.50 bits per heavy atom. The first-order chi connectivity index (χ1) is 5.83. The molecule has 2 nitrogen and oxygen atoms in total. The Balaban J connectivity index is 0. The maximum Gasteiger partial charge on any atom is 2.00 e. The molecule has 74 valence electrons. The Hall–Kier alpha value is 0.226. The van der Waals surface area contributed by atoms with Gasteiger partial charge in [-0.15, -0.1) is 12.1 Å². The minimum absolute atomic E-state index is 0. The van der Waals surface area contributed by atoms with Crippen LogP contribution in [0.5, 0.6) is 5.75 Å². The van der Waals surface area contributed by atoms with Crippen molar-refractivity contribution in [3.05, 3.63) is 30.3 Å². The van der Waals surface area contributed by atoms with Crippen molar-refractivity contribution in [3.63, 3.8) is 0 Å². The molecule has 0 fully saturated rings. The fourth-order valence-electron chi connectivity index (χ4n) is 0.951. The normalized spacial score (nSPS) is 10.7. The molecule has 0 saturated carbocycles. The maximum absolute atomic E-state index is 5.50. The van der Waals surface area contributed by atoms with Gasteiger partial charge in [-0.05, 0) is 6.92 Å². The molecule has 0 radical (unpaired) electrons. The summed E-state index contributed by atoms with van der Waals surface area (Å²) in [6.07, 6.45) is 0.0887. The van der Waals surface area contributed by atoms with Crippen LogP contribution >= 0.6 is 0 Å². The zero-order chi connectivity index (χ0) is 8.81. The van der Waals surface area contributed by atoms with Crippen LogP contribution in [-0.2, 0) is 4.74 Å². The Labute approximate surface area is 112 Å². The van der Waals surface area contributed by atoms with Gasteiger partial charge in [0.15, 0.2) is 0 Å². The third-order valence-corrected chi connectivity index (χ3v) is 1.42. The maximum atomic E-state index is 5.50. The number of halogens is 1. The third-order valence-electron chi connectivity index (χ3n) is 1.42. The molecular formula is C10H13BrMgO2. The molecule has 0 heterocycles. The van der Waals surface area contributed by atoms with Gasteiger partial charge in [0.1, 0.15) is 6.10 Å². The van der Waals surface area contributed by atoms with E-state index in [4.69, 9.17) is 9.47 Å². The summed E-state index contributed by atoms with van der Waals surface area (Å²) >= 11 is 0. The molecule has 0 aliphatic carbocycles. The standard InChI is InChI=1S/C10H13O2.BrH.Mg/c1-9(8-11-2)12-10-6-4-3-5-7-10;;/h3-4,6-7,9H,8H2,1-2H3;1H;/q-1;;+2/p-1/t9-;;/m1../s1. The summed E-state index contributed by atoms with van der Waals surface area (Å²) in [6.45, 7) is 2.57. The van der Waals surface area contributed by atoms with Gasteiger partial charge in [0.25, 0.3) is 0 Å². The van der Waals surface area contributed by atoms with Crippen LogP contribution < -0.4 is 21.7 Å². The van der Waals surface area contributed by atoms with Crippen molar-refractivity contribution in [1.29, 1.82) is 0 Å². The van der Waals surface area contributed by atoms with Gasteiger partial charge in [-0.25, -0.2) is 0 Å². The quantitative estimate of drug-likeness (QED) is 0.490. The Morgan fingerprint density at radius 3 is 2.71 bits per heavy atom. The molecule has 14 heavy (non-hydrogen) atoms. The van der Waals surface area contributed by atoms with E-state index in [1.165, 1.54) is 0 Å². The molecule has 0 amide bonds. The monoisotopic (exact) mass is 268 g/mol. The molecule has 1 aromatic carbocycles. The van der Waals surface area contributed by atoms with Crippen molar-refractivity contribution in [2.24, 2.45) is 0 Å². The summed E-state index contributed by atoms with van der Waals surface area (Å²) in [5.74, 6) is 0.835. The first-order valence-corrected chi connectivity index (χ1v) is 3.94. The molecule has 0 unspecified atom stereocenters. The zero-order valence-electron chi connectivity index (χ0n) is 8.50. The molecule has 0 aromatic heterocycles. The Bertz CT molecular complexity index is 219. The van der Waals surface area contributed by atoms with E-state index in [0.717, 1.165) is 5.75 Å². The number of hydrogen-bond donors (Lipinski definition) is 0. The van der Waals surface area contributed by atoms with Gasteiger partial charge in [0.2, 0.25) is 0 Å². The van der Waals surface area contributed by atoms with Crippen LogP contribution in [0.15, 0.2) is 24.3 Å². The van der Waals surface area contributed by atoms with Gasteiger partial charge in [-0.3, -0.25) is 0 Å². The average molecular weight is 269 g/mol. The van der Waals surface area contributed by atoms with Gasteiger partial charge in [0.05, 0.1) is 6.61 Å². The van der Waals surface area contributed by atoms with Crippen molar-refractivity contribution in [3.8, 4) is 5.75 Å². The fraction of sp³-hybridized carbons (Fsp3) is 0.400. The molecular weight excluding hydrogens is 256 g/mol. The number of ether oxygens (including phenoxy) is 2. The van der Waals surface area contributed by atoms with E-state index in [0.29, 0.717) is 6.61 Å². The molecule has 0 N–H and O–H groups in total. The van der Waals surface area contributed by atoms with Gasteiger partial charge < -0.3 is 26.5 Å². The topological polar surface area (TPSA) is 18.5 Å².